The normalized spacial score (nSPS) is 17.8. The van der Waals surface area contributed by atoms with Crippen molar-refractivity contribution in [2.75, 3.05) is 17.6 Å². The lowest BCUT2D eigenvalue weighted by atomic mass is 9.90. The molecule has 3 heterocycles. The number of anilines is 2. The van der Waals surface area contributed by atoms with Gasteiger partial charge in [0.1, 0.15) is 11.9 Å². The average Bonchev–Trinajstić information content (AvgIpc) is 3.08. The van der Waals surface area contributed by atoms with Crippen LogP contribution in [-0.2, 0) is 29.0 Å². The van der Waals surface area contributed by atoms with E-state index in [4.69, 9.17) is 10.8 Å². The number of hydrogen-bond donors (Lipinski definition) is 5. The maximum atomic E-state index is 12.9. The number of carbonyl (C=O) groups is 3. The second-order valence-electron chi connectivity index (χ2n) is 8.48. The lowest BCUT2D eigenvalue weighted by Crippen LogP contribution is -2.41. The van der Waals surface area contributed by atoms with Crippen molar-refractivity contribution in [3.8, 4) is 0 Å². The number of amides is 1. The number of carbonyl (C=O) groups excluding carboxylic acids is 1. The lowest BCUT2D eigenvalue weighted by molar-refractivity contribution is -0.143. The van der Waals surface area contributed by atoms with Gasteiger partial charge in [-0.3, -0.25) is 19.4 Å². The third kappa shape index (κ3) is 4.66. The van der Waals surface area contributed by atoms with Crippen LogP contribution in [0.3, 0.4) is 0 Å². The molecule has 2 aromatic rings. The van der Waals surface area contributed by atoms with Gasteiger partial charge >= 0.3 is 11.9 Å². The van der Waals surface area contributed by atoms with Gasteiger partial charge in [0.25, 0.3) is 11.5 Å². The van der Waals surface area contributed by atoms with Crippen LogP contribution < -0.4 is 16.6 Å². The molecule has 2 aliphatic heterocycles. The summed E-state index contributed by atoms with van der Waals surface area (Å²) in [6.07, 6.45) is 1.57. The fraction of sp³-hybridized carbons (Fsp3) is 0.409. The quantitative estimate of drug-likeness (QED) is 0.386. The van der Waals surface area contributed by atoms with Crippen molar-refractivity contribution in [2.45, 2.75) is 44.7 Å². The molecule has 0 saturated heterocycles. The van der Waals surface area contributed by atoms with Gasteiger partial charge in [-0.2, -0.15) is 4.98 Å². The number of nitrogens with zero attached hydrogens (tertiary/aromatic N) is 2. The Labute approximate surface area is 188 Å². The summed E-state index contributed by atoms with van der Waals surface area (Å²) in [5.41, 5.74) is 8.06. The number of carboxylic acids is 2. The molecule has 0 fully saturated rings. The predicted molar refractivity (Wildman–Crippen MR) is 118 cm³/mol. The first kappa shape index (κ1) is 22.3. The van der Waals surface area contributed by atoms with Crippen molar-refractivity contribution in [3.05, 3.63) is 50.8 Å². The van der Waals surface area contributed by atoms with Gasteiger partial charge in [0, 0.05) is 25.1 Å². The third-order valence-corrected chi connectivity index (χ3v) is 6.23. The van der Waals surface area contributed by atoms with E-state index in [1.54, 1.807) is 6.07 Å². The fourth-order valence-corrected chi connectivity index (χ4v) is 4.48. The molecular weight excluding hydrogens is 430 g/mol. The van der Waals surface area contributed by atoms with Crippen molar-refractivity contribution < 1.29 is 24.6 Å². The van der Waals surface area contributed by atoms with Crippen LogP contribution in [0, 0.1) is 5.92 Å². The van der Waals surface area contributed by atoms with Crippen LogP contribution in [0.25, 0.3) is 0 Å². The minimum atomic E-state index is -1.21. The second kappa shape index (κ2) is 8.93. The maximum Gasteiger partial charge on any atom is 0.326 e. The minimum Gasteiger partial charge on any atom is -0.481 e. The summed E-state index contributed by atoms with van der Waals surface area (Å²) in [5, 5.41) is 21.5. The molecule has 1 amide bonds. The summed E-state index contributed by atoms with van der Waals surface area (Å²) >= 11 is 0. The highest BCUT2D eigenvalue weighted by Gasteiger charge is 2.36. The summed E-state index contributed by atoms with van der Waals surface area (Å²) in [7, 11) is 0. The summed E-state index contributed by atoms with van der Waals surface area (Å²) in [5.74, 6) is -1.91. The number of aromatic amines is 1. The molecule has 4 rings (SSSR count). The van der Waals surface area contributed by atoms with E-state index in [-0.39, 0.29) is 36.8 Å². The van der Waals surface area contributed by atoms with Crippen LogP contribution in [-0.4, -0.2) is 55.5 Å². The maximum absolute atomic E-state index is 12.9. The molecule has 1 unspecified atom stereocenters. The number of aromatic nitrogens is 2. The Hall–Kier alpha value is -3.89. The van der Waals surface area contributed by atoms with Gasteiger partial charge in [0.05, 0.1) is 5.56 Å². The minimum absolute atomic E-state index is 0.0784. The van der Waals surface area contributed by atoms with E-state index in [1.807, 2.05) is 12.1 Å². The Bertz CT molecular complexity index is 1180. The summed E-state index contributed by atoms with van der Waals surface area (Å²) < 4.78 is 0. The van der Waals surface area contributed by atoms with Gasteiger partial charge in [0.2, 0.25) is 5.95 Å². The molecule has 33 heavy (non-hydrogen) atoms. The number of hydrogen-bond acceptors (Lipinski definition) is 7. The van der Waals surface area contributed by atoms with Crippen LogP contribution >= 0.6 is 0 Å². The van der Waals surface area contributed by atoms with Crippen molar-refractivity contribution >= 4 is 29.6 Å². The van der Waals surface area contributed by atoms with Gasteiger partial charge in [-0.15, -0.1) is 0 Å². The highest BCUT2D eigenvalue weighted by Crippen LogP contribution is 2.29. The smallest absolute Gasteiger partial charge is 0.326 e. The van der Waals surface area contributed by atoms with Crippen LogP contribution in [0.5, 0.6) is 0 Å². The second-order valence-corrected chi connectivity index (χ2v) is 8.48. The molecule has 1 aromatic heterocycles. The Balaban J connectivity index is 1.42. The first-order chi connectivity index (χ1) is 15.7. The summed E-state index contributed by atoms with van der Waals surface area (Å²) in [4.78, 5) is 55.4. The fourth-order valence-electron chi connectivity index (χ4n) is 4.48. The van der Waals surface area contributed by atoms with E-state index < -0.39 is 23.9 Å². The summed E-state index contributed by atoms with van der Waals surface area (Å²) in [6, 6.07) is 4.35. The first-order valence-corrected chi connectivity index (χ1v) is 10.7. The van der Waals surface area contributed by atoms with Crippen LogP contribution in [0.15, 0.2) is 23.0 Å². The molecule has 0 bridgehead atoms. The molecule has 6 N–H and O–H groups in total. The number of fused-ring (bicyclic) bond motifs is 2. The predicted octanol–water partition coefficient (Wildman–Crippen LogP) is 0.843. The molecule has 0 radical (unpaired) electrons. The Kier molecular flexibility index (Phi) is 6.03. The molecule has 1 aromatic carbocycles. The van der Waals surface area contributed by atoms with Crippen molar-refractivity contribution in [2.24, 2.45) is 5.92 Å². The van der Waals surface area contributed by atoms with Gasteiger partial charge < -0.3 is 26.2 Å². The Morgan fingerprint density at radius 2 is 2.06 bits per heavy atom. The number of H-pyrrole nitrogens is 1. The average molecular weight is 455 g/mol. The zero-order valence-corrected chi connectivity index (χ0v) is 17.8. The molecule has 0 saturated carbocycles. The molecule has 0 spiro atoms. The van der Waals surface area contributed by atoms with Crippen molar-refractivity contribution in [1.82, 2.24) is 14.9 Å². The first-order valence-electron chi connectivity index (χ1n) is 10.7. The van der Waals surface area contributed by atoms with E-state index in [1.165, 1.54) is 4.90 Å². The number of nitrogens with two attached hydrogens (primary N) is 1. The number of aryl methyl sites for hydroxylation is 1. The highest BCUT2D eigenvalue weighted by molar-refractivity contribution is 6.00. The molecule has 2 aliphatic rings. The largest absolute Gasteiger partial charge is 0.481 e. The zero-order valence-electron chi connectivity index (χ0n) is 17.8. The van der Waals surface area contributed by atoms with Crippen LogP contribution in [0.2, 0.25) is 0 Å². The highest BCUT2D eigenvalue weighted by atomic mass is 16.4. The molecule has 11 nitrogen and oxygen atoms in total. The van der Waals surface area contributed by atoms with E-state index >= 15 is 0 Å². The van der Waals surface area contributed by atoms with Crippen molar-refractivity contribution in [1.29, 1.82) is 0 Å². The topological polar surface area (TPSA) is 179 Å². The van der Waals surface area contributed by atoms with Gasteiger partial charge in [0.15, 0.2) is 0 Å². The van der Waals surface area contributed by atoms with Crippen LogP contribution in [0.1, 0.15) is 46.3 Å². The van der Waals surface area contributed by atoms with E-state index in [0.717, 1.165) is 17.5 Å². The number of rotatable bonds is 8. The molecule has 2 atom stereocenters. The standard InChI is InChI=1S/C22H25N5O6/c23-22-25-18-15(19(30)26-22)8-12(9-24-18)2-1-11-3-4-13-10-27(20(31)14(13)7-11)16(21(32)33)5-6-17(28)29/h3-4,7,12,16H,1-2,5-6,8-10H2,(H,28,29)(H,32,33)(H4,23,24,25,26,30)/t12?,16-/m0/s1. The summed E-state index contributed by atoms with van der Waals surface area (Å²) in [6.45, 7) is 0.803. The van der Waals surface area contributed by atoms with E-state index in [2.05, 4.69) is 15.3 Å². The monoisotopic (exact) mass is 455 g/mol. The lowest BCUT2D eigenvalue weighted by Gasteiger charge is -2.24. The molecule has 174 valence electrons. The molecular formula is C22H25N5O6. The molecule has 11 heteroatoms. The van der Waals surface area contributed by atoms with Gasteiger partial charge in [-0.05, 0) is 48.8 Å². The number of carboxylic acid groups (broad SMARTS) is 2. The third-order valence-electron chi connectivity index (χ3n) is 6.23. The zero-order chi connectivity index (χ0) is 23.7. The van der Waals surface area contributed by atoms with Gasteiger partial charge in [-0.25, -0.2) is 4.79 Å². The Morgan fingerprint density at radius 3 is 2.79 bits per heavy atom. The van der Waals surface area contributed by atoms with E-state index in [9.17, 15) is 24.3 Å². The van der Waals surface area contributed by atoms with Crippen LogP contribution in [0.4, 0.5) is 11.8 Å². The number of nitrogens with one attached hydrogen (secondary N) is 2. The van der Waals surface area contributed by atoms with Gasteiger partial charge in [-0.1, -0.05) is 12.1 Å². The number of nitrogen functional groups attached to an aromatic ring is 1. The molecule has 0 aliphatic carbocycles. The van der Waals surface area contributed by atoms with E-state index in [0.29, 0.717) is 36.3 Å². The SMILES string of the molecule is Nc1nc2c(c(=O)[nH]1)CC(CCc1ccc3c(c1)C(=O)N([C@@H](CCC(=O)O)C(=O)O)C3)CN2. The Morgan fingerprint density at radius 1 is 1.27 bits per heavy atom. The number of benzene rings is 1. The van der Waals surface area contributed by atoms with Crippen molar-refractivity contribution in [3.63, 3.8) is 0 Å². The number of aliphatic carboxylic acids is 2.